The second-order valence-electron chi connectivity index (χ2n) is 5.87. The molecule has 1 aromatic carbocycles. The van der Waals surface area contributed by atoms with E-state index in [0.717, 1.165) is 12.1 Å². The van der Waals surface area contributed by atoms with Crippen molar-refractivity contribution >= 4 is 23.3 Å². The van der Waals surface area contributed by atoms with Gasteiger partial charge in [0.2, 0.25) is 5.91 Å². The Bertz CT molecular complexity index is 615. The van der Waals surface area contributed by atoms with Crippen LogP contribution in [0, 0.1) is 0 Å². The van der Waals surface area contributed by atoms with E-state index in [-0.39, 0.29) is 30.7 Å². The van der Waals surface area contributed by atoms with Crippen molar-refractivity contribution in [2.75, 3.05) is 18.7 Å². The van der Waals surface area contributed by atoms with E-state index in [4.69, 9.17) is 4.74 Å². The molecular formula is C18H25N3O3. The maximum Gasteiger partial charge on any atom is 0.354 e. The Morgan fingerprint density at radius 1 is 1.33 bits per heavy atom. The molecule has 0 spiro atoms. The van der Waals surface area contributed by atoms with Crippen LogP contribution < -0.4 is 5.01 Å². The van der Waals surface area contributed by atoms with Crippen molar-refractivity contribution in [2.45, 2.75) is 45.7 Å². The fraction of sp³-hybridized carbons (Fsp3) is 0.500. The highest BCUT2D eigenvalue weighted by Gasteiger charge is 2.38. The first-order valence-electron chi connectivity index (χ1n) is 8.35. The fourth-order valence-electron chi connectivity index (χ4n) is 2.59. The third-order valence-electron chi connectivity index (χ3n) is 4.33. The minimum atomic E-state index is -0.522. The van der Waals surface area contributed by atoms with Crippen molar-refractivity contribution in [1.82, 2.24) is 4.90 Å². The highest BCUT2D eigenvalue weighted by molar-refractivity contribution is 6.38. The van der Waals surface area contributed by atoms with Crippen LogP contribution in [0.25, 0.3) is 0 Å². The monoisotopic (exact) mass is 331 g/mol. The molecule has 2 rings (SSSR count). The van der Waals surface area contributed by atoms with Gasteiger partial charge in [0.25, 0.3) is 0 Å². The SMILES string of the molecule is CCOC(=O)C1=NN(c2ccccc2)C(C(=O)N(C)C(C)CC)C1. The van der Waals surface area contributed by atoms with Gasteiger partial charge in [0.1, 0.15) is 11.8 Å². The van der Waals surface area contributed by atoms with E-state index < -0.39 is 12.0 Å². The fourth-order valence-corrected chi connectivity index (χ4v) is 2.59. The molecule has 0 saturated heterocycles. The van der Waals surface area contributed by atoms with Crippen molar-refractivity contribution in [1.29, 1.82) is 0 Å². The van der Waals surface area contributed by atoms with Gasteiger partial charge in [0, 0.05) is 19.5 Å². The van der Waals surface area contributed by atoms with E-state index in [1.54, 1.807) is 23.9 Å². The number of carbonyl (C=O) groups excluding carboxylic acids is 2. The normalized spacial score (nSPS) is 18.1. The molecule has 0 aromatic heterocycles. The van der Waals surface area contributed by atoms with Crippen LogP contribution in [-0.4, -0.2) is 48.2 Å². The summed E-state index contributed by atoms with van der Waals surface area (Å²) in [5.74, 6) is -0.504. The number of para-hydroxylation sites is 1. The molecule has 1 heterocycles. The van der Waals surface area contributed by atoms with E-state index in [1.165, 1.54) is 0 Å². The second-order valence-corrected chi connectivity index (χ2v) is 5.87. The number of carbonyl (C=O) groups is 2. The van der Waals surface area contributed by atoms with Crippen LogP contribution in [0.1, 0.15) is 33.6 Å². The second kappa shape index (κ2) is 7.95. The van der Waals surface area contributed by atoms with Crippen LogP contribution in [0.3, 0.4) is 0 Å². The lowest BCUT2D eigenvalue weighted by atomic mass is 10.1. The maximum atomic E-state index is 12.9. The Kier molecular flexibility index (Phi) is 5.95. The van der Waals surface area contributed by atoms with Gasteiger partial charge in [0.05, 0.1) is 12.3 Å². The average molecular weight is 331 g/mol. The number of benzene rings is 1. The van der Waals surface area contributed by atoms with Crippen LogP contribution in [0.2, 0.25) is 0 Å². The van der Waals surface area contributed by atoms with Gasteiger partial charge < -0.3 is 9.64 Å². The summed E-state index contributed by atoms with van der Waals surface area (Å²) >= 11 is 0. The number of hydrazone groups is 1. The van der Waals surface area contributed by atoms with Gasteiger partial charge in [-0.1, -0.05) is 25.1 Å². The van der Waals surface area contributed by atoms with Gasteiger partial charge >= 0.3 is 5.97 Å². The van der Waals surface area contributed by atoms with E-state index in [0.29, 0.717) is 0 Å². The van der Waals surface area contributed by atoms with Crippen LogP contribution in [-0.2, 0) is 14.3 Å². The molecule has 1 aromatic rings. The number of nitrogens with zero attached hydrogens (tertiary/aromatic N) is 3. The van der Waals surface area contributed by atoms with Crippen molar-refractivity contribution in [3.05, 3.63) is 30.3 Å². The number of esters is 1. The number of likely N-dealkylation sites (N-methyl/N-ethyl adjacent to an activating group) is 1. The van der Waals surface area contributed by atoms with E-state index in [9.17, 15) is 9.59 Å². The minimum Gasteiger partial charge on any atom is -0.461 e. The van der Waals surface area contributed by atoms with Gasteiger partial charge in [-0.3, -0.25) is 9.80 Å². The highest BCUT2D eigenvalue weighted by atomic mass is 16.5. The zero-order valence-electron chi connectivity index (χ0n) is 14.7. The Balaban J connectivity index is 2.29. The lowest BCUT2D eigenvalue weighted by Gasteiger charge is -2.30. The summed E-state index contributed by atoms with van der Waals surface area (Å²) in [5, 5.41) is 6.01. The molecule has 1 amide bonds. The number of anilines is 1. The number of ether oxygens (including phenoxy) is 1. The van der Waals surface area contributed by atoms with Crippen molar-refractivity contribution in [3.8, 4) is 0 Å². The molecule has 6 heteroatoms. The summed E-state index contributed by atoms with van der Waals surface area (Å²) in [6.07, 6.45) is 1.12. The average Bonchev–Trinajstić information content (AvgIpc) is 3.06. The molecule has 2 unspecified atom stereocenters. The molecular weight excluding hydrogens is 306 g/mol. The Hall–Kier alpha value is -2.37. The molecule has 24 heavy (non-hydrogen) atoms. The molecule has 0 radical (unpaired) electrons. The number of rotatable bonds is 6. The van der Waals surface area contributed by atoms with E-state index >= 15 is 0 Å². The third kappa shape index (κ3) is 3.75. The van der Waals surface area contributed by atoms with Gasteiger partial charge in [-0.15, -0.1) is 0 Å². The van der Waals surface area contributed by atoms with Crippen molar-refractivity contribution < 1.29 is 14.3 Å². The Morgan fingerprint density at radius 3 is 2.58 bits per heavy atom. The Morgan fingerprint density at radius 2 is 2.00 bits per heavy atom. The molecule has 0 aliphatic carbocycles. The summed E-state index contributed by atoms with van der Waals surface area (Å²) in [5.41, 5.74) is 1.07. The number of hydrogen-bond donors (Lipinski definition) is 0. The lowest BCUT2D eigenvalue weighted by Crippen LogP contribution is -2.46. The maximum absolute atomic E-state index is 12.9. The predicted octanol–water partition coefficient (Wildman–Crippen LogP) is 2.44. The molecule has 1 aliphatic rings. The van der Waals surface area contributed by atoms with Crippen molar-refractivity contribution in [2.24, 2.45) is 5.10 Å². The molecule has 0 fully saturated rings. The smallest absolute Gasteiger partial charge is 0.354 e. The zero-order chi connectivity index (χ0) is 17.7. The topological polar surface area (TPSA) is 62.2 Å². The van der Waals surface area contributed by atoms with E-state index in [1.807, 2.05) is 44.2 Å². The molecule has 0 bridgehead atoms. The first kappa shape index (κ1) is 18.0. The molecule has 0 saturated carbocycles. The summed E-state index contributed by atoms with van der Waals surface area (Å²) in [6, 6.07) is 9.02. The number of hydrogen-bond acceptors (Lipinski definition) is 5. The third-order valence-corrected chi connectivity index (χ3v) is 4.33. The predicted molar refractivity (Wildman–Crippen MR) is 93.9 cm³/mol. The summed E-state index contributed by atoms with van der Waals surface area (Å²) in [4.78, 5) is 26.7. The van der Waals surface area contributed by atoms with Crippen LogP contribution >= 0.6 is 0 Å². The van der Waals surface area contributed by atoms with Gasteiger partial charge in [-0.05, 0) is 32.4 Å². The highest BCUT2D eigenvalue weighted by Crippen LogP contribution is 2.26. The molecule has 1 aliphatic heterocycles. The molecule has 2 atom stereocenters. The summed E-state index contributed by atoms with van der Waals surface area (Å²) in [7, 11) is 1.79. The van der Waals surface area contributed by atoms with Crippen molar-refractivity contribution in [3.63, 3.8) is 0 Å². The molecule has 130 valence electrons. The lowest BCUT2D eigenvalue weighted by molar-refractivity contribution is -0.135. The van der Waals surface area contributed by atoms with E-state index in [2.05, 4.69) is 5.10 Å². The first-order chi connectivity index (χ1) is 11.5. The molecule has 0 N–H and O–H groups in total. The first-order valence-corrected chi connectivity index (χ1v) is 8.35. The van der Waals surface area contributed by atoms with Crippen LogP contribution in [0.4, 0.5) is 5.69 Å². The summed E-state index contributed by atoms with van der Waals surface area (Å²) < 4.78 is 5.05. The number of amides is 1. The standard InChI is InChI=1S/C18H25N3O3/c1-5-13(3)20(4)17(22)16-12-15(18(23)24-6-2)19-21(16)14-10-8-7-9-11-14/h7-11,13,16H,5-6,12H2,1-4H3. The van der Waals surface area contributed by atoms with Gasteiger partial charge in [-0.2, -0.15) is 5.10 Å². The molecule has 6 nitrogen and oxygen atoms in total. The summed E-state index contributed by atoms with van der Waals surface area (Å²) in [6.45, 7) is 6.09. The van der Waals surface area contributed by atoms with Gasteiger partial charge in [-0.25, -0.2) is 4.79 Å². The quantitative estimate of drug-likeness (QED) is 0.751. The van der Waals surface area contributed by atoms with Crippen LogP contribution in [0.15, 0.2) is 35.4 Å². The minimum absolute atomic E-state index is 0.0451. The Labute approximate surface area is 143 Å². The van der Waals surface area contributed by atoms with Crippen LogP contribution in [0.5, 0.6) is 0 Å². The largest absolute Gasteiger partial charge is 0.461 e. The van der Waals surface area contributed by atoms with Gasteiger partial charge in [0.15, 0.2) is 0 Å². The zero-order valence-corrected chi connectivity index (χ0v) is 14.7.